The lowest BCUT2D eigenvalue weighted by atomic mass is 9.98. The topological polar surface area (TPSA) is 67.6 Å². The van der Waals surface area contributed by atoms with Gasteiger partial charge in [0.1, 0.15) is 5.60 Å². The summed E-state index contributed by atoms with van der Waals surface area (Å²) >= 11 is 0. The van der Waals surface area contributed by atoms with Crippen molar-refractivity contribution in [1.29, 1.82) is 0 Å². The van der Waals surface area contributed by atoms with E-state index in [0.29, 0.717) is 18.1 Å². The van der Waals surface area contributed by atoms with Crippen LogP contribution >= 0.6 is 0 Å². The molecular weight excluding hydrogens is 242 g/mol. The van der Waals surface area contributed by atoms with E-state index in [0.717, 1.165) is 0 Å². The van der Waals surface area contributed by atoms with Gasteiger partial charge in [0.2, 0.25) is 0 Å². The number of ether oxygens (including phenoxy) is 1. The predicted molar refractivity (Wildman–Crippen MR) is 78.6 cm³/mol. The van der Waals surface area contributed by atoms with Crippen molar-refractivity contribution in [3.8, 4) is 0 Å². The molecule has 0 bridgehead atoms. The number of likely N-dealkylation sites (tertiary alicyclic amines) is 1. The fourth-order valence-corrected chi connectivity index (χ4v) is 1.86. The largest absolute Gasteiger partial charge is 0.462 e. The van der Waals surface area contributed by atoms with Crippen LogP contribution in [0.2, 0.25) is 0 Å². The molecule has 1 aliphatic heterocycles. The van der Waals surface area contributed by atoms with E-state index in [1.165, 1.54) is 25.9 Å². The molecule has 0 unspecified atom stereocenters. The van der Waals surface area contributed by atoms with Gasteiger partial charge in [-0.1, -0.05) is 0 Å². The predicted octanol–water partition coefficient (Wildman–Crippen LogP) is 1.67. The molecule has 0 aliphatic carbocycles. The smallest absolute Gasteiger partial charge is 0.293 e. The highest BCUT2D eigenvalue weighted by atomic mass is 16.5. The summed E-state index contributed by atoms with van der Waals surface area (Å²) in [5.74, 6) is 5.39. The third-order valence-electron chi connectivity index (χ3n) is 3.08. The average Bonchev–Trinajstić information content (AvgIpc) is 2.27. The lowest BCUT2D eigenvalue weighted by Crippen LogP contribution is -2.51. The van der Waals surface area contributed by atoms with Crippen LogP contribution in [0.15, 0.2) is 0 Å². The van der Waals surface area contributed by atoms with Gasteiger partial charge in [0.05, 0.1) is 0 Å². The number of nitrogens with one attached hydrogen (secondary N) is 1. The van der Waals surface area contributed by atoms with Crippen LogP contribution in [0.5, 0.6) is 0 Å². The minimum atomic E-state index is -0.318. The van der Waals surface area contributed by atoms with Crippen molar-refractivity contribution in [2.75, 3.05) is 13.1 Å². The van der Waals surface area contributed by atoms with Crippen LogP contribution in [0.25, 0.3) is 0 Å². The van der Waals surface area contributed by atoms with Gasteiger partial charge >= 0.3 is 0 Å². The maximum atomic E-state index is 9.60. The summed E-state index contributed by atoms with van der Waals surface area (Å²) in [7, 11) is 0. The van der Waals surface area contributed by atoms with E-state index in [1.807, 2.05) is 20.8 Å². The highest BCUT2D eigenvalue weighted by Gasteiger charge is 2.26. The van der Waals surface area contributed by atoms with E-state index in [-0.39, 0.29) is 5.60 Å². The summed E-state index contributed by atoms with van der Waals surface area (Å²) in [5.41, 5.74) is 2.85. The van der Waals surface area contributed by atoms with Crippen LogP contribution in [0.4, 0.5) is 0 Å². The number of hydrogen-bond donors (Lipinski definition) is 2. The summed E-state index contributed by atoms with van der Waals surface area (Å²) in [6, 6.07) is 0.531. The number of piperidine rings is 1. The van der Waals surface area contributed by atoms with Crippen molar-refractivity contribution in [2.24, 2.45) is 5.84 Å². The molecule has 5 nitrogen and oxygen atoms in total. The molecule has 0 aromatic heterocycles. The lowest BCUT2D eigenvalue weighted by Gasteiger charge is -2.40. The molecule has 0 saturated carbocycles. The van der Waals surface area contributed by atoms with Crippen molar-refractivity contribution >= 4 is 6.47 Å². The Labute approximate surface area is 117 Å². The van der Waals surface area contributed by atoms with E-state index in [1.54, 1.807) is 0 Å². The van der Waals surface area contributed by atoms with Gasteiger partial charge in [-0.2, -0.15) is 0 Å². The quantitative estimate of drug-likeness (QED) is 0.455. The summed E-state index contributed by atoms with van der Waals surface area (Å²) in [5, 5.41) is 0. The Morgan fingerprint density at radius 3 is 1.84 bits per heavy atom. The first kappa shape index (κ1) is 18.4. The van der Waals surface area contributed by atoms with E-state index in [9.17, 15) is 4.79 Å². The summed E-state index contributed by atoms with van der Waals surface area (Å²) in [6.07, 6.45) is 2.35. The molecule has 1 fully saturated rings. The fourth-order valence-electron chi connectivity index (χ4n) is 1.86. The zero-order chi connectivity index (χ0) is 15.1. The van der Waals surface area contributed by atoms with Crippen molar-refractivity contribution < 1.29 is 9.53 Å². The van der Waals surface area contributed by atoms with Crippen molar-refractivity contribution in [3.05, 3.63) is 0 Å². The van der Waals surface area contributed by atoms with Crippen LogP contribution in [0.3, 0.4) is 0 Å². The number of rotatable bonds is 2. The van der Waals surface area contributed by atoms with Gasteiger partial charge in [0.25, 0.3) is 6.47 Å². The molecule has 1 saturated heterocycles. The Hall–Kier alpha value is -0.650. The highest BCUT2D eigenvalue weighted by molar-refractivity contribution is 5.37. The molecule has 1 aliphatic rings. The van der Waals surface area contributed by atoms with Gasteiger partial charge in [-0.05, 0) is 54.4 Å². The van der Waals surface area contributed by atoms with Crippen molar-refractivity contribution in [2.45, 2.75) is 71.6 Å². The molecule has 19 heavy (non-hydrogen) atoms. The molecule has 0 aromatic rings. The van der Waals surface area contributed by atoms with Crippen molar-refractivity contribution in [3.63, 3.8) is 0 Å². The van der Waals surface area contributed by atoms with Gasteiger partial charge in [-0.3, -0.25) is 21.0 Å². The molecule has 0 atom stereocenters. The normalized spacial score (nSPS) is 18.5. The third kappa shape index (κ3) is 8.97. The average molecular weight is 273 g/mol. The standard InChI is InChI=1S/C9H21N3.C5H10O2/c1-9(2,3)12-6-4-8(11-10)5-7-12;1-5(2,3)7-4-6/h8,11H,4-7,10H2,1-3H3;4H,1-3H3. The second kappa shape index (κ2) is 7.82. The highest BCUT2D eigenvalue weighted by Crippen LogP contribution is 2.19. The number of hydrazine groups is 1. The molecular formula is C14H31N3O2. The lowest BCUT2D eigenvalue weighted by molar-refractivity contribution is -0.138. The zero-order valence-electron chi connectivity index (χ0n) is 13.3. The first-order valence-corrected chi connectivity index (χ1v) is 6.93. The van der Waals surface area contributed by atoms with E-state index in [4.69, 9.17) is 5.84 Å². The Bertz CT molecular complexity index is 248. The number of carbonyl (C=O) groups is 1. The Kier molecular flexibility index (Phi) is 7.55. The minimum absolute atomic E-state index is 0.318. The summed E-state index contributed by atoms with van der Waals surface area (Å²) in [6.45, 7) is 15.1. The zero-order valence-corrected chi connectivity index (χ0v) is 13.3. The molecule has 5 heteroatoms. The van der Waals surface area contributed by atoms with Crippen LogP contribution in [0.1, 0.15) is 54.4 Å². The molecule has 0 spiro atoms. The Morgan fingerprint density at radius 2 is 1.63 bits per heavy atom. The number of hydrogen-bond acceptors (Lipinski definition) is 5. The molecule has 1 heterocycles. The number of carbonyl (C=O) groups excluding carboxylic acids is 1. The monoisotopic (exact) mass is 273 g/mol. The maximum Gasteiger partial charge on any atom is 0.293 e. The van der Waals surface area contributed by atoms with Crippen LogP contribution < -0.4 is 11.3 Å². The summed E-state index contributed by atoms with van der Waals surface area (Å²) in [4.78, 5) is 12.1. The van der Waals surface area contributed by atoms with E-state index < -0.39 is 0 Å². The number of nitrogens with zero attached hydrogens (tertiary/aromatic N) is 1. The van der Waals surface area contributed by atoms with Gasteiger partial charge in [-0.15, -0.1) is 0 Å². The molecule has 1 rings (SSSR count). The molecule has 0 radical (unpaired) electrons. The van der Waals surface area contributed by atoms with Gasteiger partial charge in [0.15, 0.2) is 0 Å². The maximum absolute atomic E-state index is 9.60. The minimum Gasteiger partial charge on any atom is -0.462 e. The van der Waals surface area contributed by atoms with Gasteiger partial charge < -0.3 is 4.74 Å². The van der Waals surface area contributed by atoms with E-state index in [2.05, 4.69) is 35.8 Å². The van der Waals surface area contributed by atoms with Gasteiger partial charge in [-0.25, -0.2) is 0 Å². The SMILES string of the molecule is CC(C)(C)N1CCC(NN)CC1.CC(C)(C)OC=O. The fraction of sp³-hybridized carbons (Fsp3) is 0.929. The van der Waals surface area contributed by atoms with Gasteiger partial charge in [0, 0.05) is 24.7 Å². The second-order valence-corrected chi connectivity index (χ2v) is 6.93. The van der Waals surface area contributed by atoms with Crippen LogP contribution in [-0.2, 0) is 9.53 Å². The Balaban J connectivity index is 0.000000399. The molecule has 0 aromatic carbocycles. The van der Waals surface area contributed by atoms with Crippen LogP contribution in [0, 0.1) is 0 Å². The van der Waals surface area contributed by atoms with Crippen molar-refractivity contribution in [1.82, 2.24) is 10.3 Å². The first-order chi connectivity index (χ1) is 8.60. The van der Waals surface area contributed by atoms with Crippen LogP contribution in [-0.4, -0.2) is 41.6 Å². The molecule has 3 N–H and O–H groups in total. The second-order valence-electron chi connectivity index (χ2n) is 6.93. The molecule has 0 amide bonds. The number of nitrogens with two attached hydrogens (primary N) is 1. The summed E-state index contributed by atoms with van der Waals surface area (Å²) < 4.78 is 4.55. The Morgan fingerprint density at radius 1 is 1.16 bits per heavy atom. The van der Waals surface area contributed by atoms with E-state index >= 15 is 0 Å². The third-order valence-corrected chi connectivity index (χ3v) is 3.08. The first-order valence-electron chi connectivity index (χ1n) is 6.93. The molecule has 114 valence electrons.